The van der Waals surface area contributed by atoms with E-state index in [9.17, 15) is 4.79 Å². The Morgan fingerprint density at radius 3 is 2.64 bits per heavy atom. The molecule has 1 aliphatic rings. The van der Waals surface area contributed by atoms with Gasteiger partial charge in [0.15, 0.2) is 6.10 Å². The molecule has 0 spiro atoms. The summed E-state index contributed by atoms with van der Waals surface area (Å²) in [6, 6.07) is 12.1. The topological polar surface area (TPSA) is 38.3 Å². The third-order valence-electron chi connectivity index (χ3n) is 4.78. The Bertz CT molecular complexity index is 764. The number of amides is 1. The molecule has 1 N–H and O–H groups in total. The molecular formula is C21H24ClNO2. The first-order valence-corrected chi connectivity index (χ1v) is 9.15. The second kappa shape index (κ2) is 7.49. The van der Waals surface area contributed by atoms with Crippen molar-refractivity contribution in [3.8, 4) is 5.75 Å². The molecular weight excluding hydrogens is 334 g/mol. The van der Waals surface area contributed by atoms with E-state index < -0.39 is 6.10 Å². The number of aryl methyl sites for hydroxylation is 3. The lowest BCUT2D eigenvalue weighted by atomic mass is 9.87. The van der Waals surface area contributed by atoms with Crippen LogP contribution in [0.15, 0.2) is 36.4 Å². The molecule has 0 saturated heterocycles. The SMILES string of the molecule is Cc1cc(O[C@H](C)C(=O)N[C@H]2CCCc3ccccc32)cc(C)c1Cl. The molecule has 0 bridgehead atoms. The predicted molar refractivity (Wildman–Crippen MR) is 101 cm³/mol. The number of ether oxygens (including phenoxy) is 1. The highest BCUT2D eigenvalue weighted by molar-refractivity contribution is 6.32. The summed E-state index contributed by atoms with van der Waals surface area (Å²) in [5.74, 6) is 0.582. The molecule has 3 nitrogen and oxygen atoms in total. The zero-order valence-corrected chi connectivity index (χ0v) is 15.7. The molecule has 0 heterocycles. The van der Waals surface area contributed by atoms with Gasteiger partial charge in [0, 0.05) is 5.02 Å². The van der Waals surface area contributed by atoms with Crippen molar-refractivity contribution >= 4 is 17.5 Å². The van der Waals surface area contributed by atoms with Crippen LogP contribution >= 0.6 is 11.6 Å². The molecule has 132 valence electrons. The van der Waals surface area contributed by atoms with Gasteiger partial charge in [-0.1, -0.05) is 35.9 Å². The first-order chi connectivity index (χ1) is 12.0. The van der Waals surface area contributed by atoms with E-state index in [1.54, 1.807) is 6.92 Å². The number of fused-ring (bicyclic) bond motifs is 1. The van der Waals surface area contributed by atoms with Gasteiger partial charge in [-0.15, -0.1) is 0 Å². The lowest BCUT2D eigenvalue weighted by Crippen LogP contribution is -2.39. The smallest absolute Gasteiger partial charge is 0.261 e. The van der Waals surface area contributed by atoms with Crippen LogP contribution in [0, 0.1) is 13.8 Å². The zero-order valence-electron chi connectivity index (χ0n) is 14.9. The van der Waals surface area contributed by atoms with E-state index in [4.69, 9.17) is 16.3 Å². The molecule has 0 radical (unpaired) electrons. The molecule has 0 saturated carbocycles. The molecule has 1 amide bonds. The third-order valence-corrected chi connectivity index (χ3v) is 5.37. The summed E-state index contributed by atoms with van der Waals surface area (Å²) in [6.07, 6.45) is 2.58. The monoisotopic (exact) mass is 357 g/mol. The molecule has 2 atom stereocenters. The van der Waals surface area contributed by atoms with E-state index in [0.717, 1.165) is 35.4 Å². The maximum Gasteiger partial charge on any atom is 0.261 e. The Hall–Kier alpha value is -2.00. The number of nitrogens with one attached hydrogen (secondary N) is 1. The molecule has 0 fully saturated rings. The fourth-order valence-corrected chi connectivity index (χ4v) is 3.53. The lowest BCUT2D eigenvalue weighted by Gasteiger charge is -2.27. The molecule has 0 unspecified atom stereocenters. The summed E-state index contributed by atoms with van der Waals surface area (Å²) in [7, 11) is 0. The summed E-state index contributed by atoms with van der Waals surface area (Å²) in [5.41, 5.74) is 4.46. The minimum Gasteiger partial charge on any atom is -0.481 e. The van der Waals surface area contributed by atoms with E-state index in [1.165, 1.54) is 11.1 Å². The van der Waals surface area contributed by atoms with Crippen LogP contribution in [0.4, 0.5) is 0 Å². The number of carbonyl (C=O) groups excluding carboxylic acids is 1. The maximum atomic E-state index is 12.6. The van der Waals surface area contributed by atoms with Gasteiger partial charge in [0.1, 0.15) is 5.75 Å². The van der Waals surface area contributed by atoms with Gasteiger partial charge in [-0.25, -0.2) is 0 Å². The Morgan fingerprint density at radius 2 is 1.92 bits per heavy atom. The summed E-state index contributed by atoms with van der Waals surface area (Å²) in [4.78, 5) is 12.6. The first-order valence-electron chi connectivity index (χ1n) is 8.77. The molecule has 4 heteroatoms. The summed E-state index contributed by atoms with van der Waals surface area (Å²) < 4.78 is 5.85. The summed E-state index contributed by atoms with van der Waals surface area (Å²) in [6.45, 7) is 5.65. The van der Waals surface area contributed by atoms with Crippen molar-refractivity contribution in [2.24, 2.45) is 0 Å². The van der Waals surface area contributed by atoms with Crippen LogP contribution in [0.1, 0.15) is 48.1 Å². The van der Waals surface area contributed by atoms with Gasteiger partial charge in [-0.3, -0.25) is 4.79 Å². The maximum absolute atomic E-state index is 12.6. The van der Waals surface area contributed by atoms with Crippen LogP contribution in [0.25, 0.3) is 0 Å². The highest BCUT2D eigenvalue weighted by Crippen LogP contribution is 2.30. The summed E-state index contributed by atoms with van der Waals surface area (Å²) >= 11 is 6.19. The van der Waals surface area contributed by atoms with Crippen molar-refractivity contribution in [2.45, 2.75) is 52.2 Å². The molecule has 1 aliphatic carbocycles. The number of carbonyl (C=O) groups is 1. The van der Waals surface area contributed by atoms with E-state index in [1.807, 2.05) is 32.0 Å². The quantitative estimate of drug-likeness (QED) is 0.843. The zero-order chi connectivity index (χ0) is 18.0. The van der Waals surface area contributed by atoms with Crippen LogP contribution in [-0.4, -0.2) is 12.0 Å². The predicted octanol–water partition coefficient (Wildman–Crippen LogP) is 4.92. The normalized spacial score (nSPS) is 17.5. The Labute approximate surface area is 154 Å². The van der Waals surface area contributed by atoms with Gasteiger partial charge in [0.2, 0.25) is 0 Å². The number of hydrogen-bond acceptors (Lipinski definition) is 2. The van der Waals surface area contributed by atoms with Crippen LogP contribution in [0.2, 0.25) is 5.02 Å². The van der Waals surface area contributed by atoms with Crippen molar-refractivity contribution in [1.82, 2.24) is 5.32 Å². The van der Waals surface area contributed by atoms with Crippen LogP contribution in [0.3, 0.4) is 0 Å². The van der Waals surface area contributed by atoms with Crippen molar-refractivity contribution in [1.29, 1.82) is 0 Å². The second-order valence-corrected chi connectivity index (χ2v) is 7.16. The summed E-state index contributed by atoms with van der Waals surface area (Å²) in [5, 5.41) is 3.88. The van der Waals surface area contributed by atoms with Gasteiger partial charge in [-0.2, -0.15) is 0 Å². The van der Waals surface area contributed by atoms with Gasteiger partial charge in [0.05, 0.1) is 6.04 Å². The van der Waals surface area contributed by atoms with E-state index in [-0.39, 0.29) is 11.9 Å². The van der Waals surface area contributed by atoms with Gasteiger partial charge >= 0.3 is 0 Å². The fraction of sp³-hybridized carbons (Fsp3) is 0.381. The largest absolute Gasteiger partial charge is 0.481 e. The van der Waals surface area contributed by atoms with E-state index >= 15 is 0 Å². The van der Waals surface area contributed by atoms with Crippen molar-refractivity contribution in [3.05, 3.63) is 63.7 Å². The Kier molecular flexibility index (Phi) is 5.33. The van der Waals surface area contributed by atoms with Gasteiger partial charge in [-0.05, 0) is 74.4 Å². The van der Waals surface area contributed by atoms with Crippen LogP contribution in [0.5, 0.6) is 5.75 Å². The molecule has 0 aliphatic heterocycles. The minimum atomic E-state index is -0.561. The lowest BCUT2D eigenvalue weighted by molar-refractivity contribution is -0.128. The minimum absolute atomic E-state index is 0.0668. The molecule has 25 heavy (non-hydrogen) atoms. The number of rotatable bonds is 4. The van der Waals surface area contributed by atoms with E-state index in [0.29, 0.717) is 5.75 Å². The van der Waals surface area contributed by atoms with Crippen LogP contribution in [-0.2, 0) is 11.2 Å². The molecule has 0 aromatic heterocycles. The second-order valence-electron chi connectivity index (χ2n) is 6.78. The highest BCUT2D eigenvalue weighted by Gasteiger charge is 2.24. The van der Waals surface area contributed by atoms with Crippen molar-refractivity contribution in [2.75, 3.05) is 0 Å². The average molecular weight is 358 g/mol. The van der Waals surface area contributed by atoms with Crippen molar-refractivity contribution in [3.63, 3.8) is 0 Å². The fourth-order valence-electron chi connectivity index (χ4n) is 3.42. The Morgan fingerprint density at radius 1 is 1.24 bits per heavy atom. The average Bonchev–Trinajstić information content (AvgIpc) is 2.60. The highest BCUT2D eigenvalue weighted by atomic mass is 35.5. The number of halogens is 1. The Balaban J connectivity index is 1.68. The first kappa shape index (κ1) is 17.8. The van der Waals surface area contributed by atoms with Crippen LogP contribution < -0.4 is 10.1 Å². The number of hydrogen-bond donors (Lipinski definition) is 1. The molecule has 3 rings (SSSR count). The molecule has 2 aromatic carbocycles. The van der Waals surface area contributed by atoms with Gasteiger partial charge in [0.25, 0.3) is 5.91 Å². The third kappa shape index (κ3) is 3.98. The molecule has 2 aromatic rings. The van der Waals surface area contributed by atoms with E-state index in [2.05, 4.69) is 23.5 Å². The van der Waals surface area contributed by atoms with Crippen molar-refractivity contribution < 1.29 is 9.53 Å². The van der Waals surface area contributed by atoms with Gasteiger partial charge < -0.3 is 10.1 Å². The number of benzene rings is 2. The standard InChI is InChI=1S/C21H24ClNO2/c1-13-11-17(12-14(2)20(13)22)25-15(3)21(24)23-19-10-6-8-16-7-4-5-9-18(16)19/h4-5,7,9,11-12,15,19H,6,8,10H2,1-3H3,(H,23,24)/t15-,19+/m1/s1.